The summed E-state index contributed by atoms with van der Waals surface area (Å²) in [5, 5.41) is 10.1. The molecule has 1 nitrogen and oxygen atoms in total. The number of hydrogen-bond acceptors (Lipinski definition) is 1. The minimum atomic E-state index is -0.457. The number of aliphatic hydroxyl groups is 1. The molecule has 1 aromatic rings. The van der Waals surface area contributed by atoms with Crippen LogP contribution >= 0.6 is 0 Å². The summed E-state index contributed by atoms with van der Waals surface area (Å²) in [6.07, 6.45) is -0.457. The largest absolute Gasteiger partial charge is 0.384 e. The van der Waals surface area contributed by atoms with Gasteiger partial charge in [0.1, 0.15) is 6.10 Å². The van der Waals surface area contributed by atoms with Gasteiger partial charge in [0.15, 0.2) is 0 Å². The van der Waals surface area contributed by atoms with Crippen LogP contribution in [-0.4, -0.2) is 5.11 Å². The van der Waals surface area contributed by atoms with E-state index >= 15 is 0 Å². The topological polar surface area (TPSA) is 20.2 Å². The molecular formula is C13H18O. The maximum absolute atomic E-state index is 10.1. The van der Waals surface area contributed by atoms with E-state index in [-0.39, 0.29) is 0 Å². The third-order valence-electron chi connectivity index (χ3n) is 2.68. The van der Waals surface area contributed by atoms with Crippen molar-refractivity contribution in [3.8, 4) is 0 Å². The second-order valence-corrected chi connectivity index (χ2v) is 3.94. The molecule has 0 aromatic heterocycles. The van der Waals surface area contributed by atoms with Gasteiger partial charge in [-0.25, -0.2) is 0 Å². The third-order valence-corrected chi connectivity index (χ3v) is 2.68. The first-order valence-corrected chi connectivity index (χ1v) is 4.91. The van der Waals surface area contributed by atoms with Gasteiger partial charge in [0.2, 0.25) is 0 Å². The number of aryl methyl sites for hydroxylation is 1. The van der Waals surface area contributed by atoms with Crippen LogP contribution in [0.25, 0.3) is 0 Å². The van der Waals surface area contributed by atoms with Crippen molar-refractivity contribution in [2.24, 2.45) is 0 Å². The third kappa shape index (κ3) is 2.24. The van der Waals surface area contributed by atoms with E-state index in [9.17, 15) is 5.11 Å². The van der Waals surface area contributed by atoms with Gasteiger partial charge in [-0.3, -0.25) is 0 Å². The van der Waals surface area contributed by atoms with E-state index in [1.54, 1.807) is 0 Å². The van der Waals surface area contributed by atoms with Gasteiger partial charge in [-0.1, -0.05) is 29.8 Å². The number of hydrogen-bond donors (Lipinski definition) is 1. The number of benzene rings is 1. The van der Waals surface area contributed by atoms with E-state index < -0.39 is 6.10 Å². The molecule has 0 saturated heterocycles. The van der Waals surface area contributed by atoms with Crippen LogP contribution in [0.5, 0.6) is 0 Å². The Balaban J connectivity index is 3.07. The second-order valence-electron chi connectivity index (χ2n) is 3.94. The standard InChI is InChI=1S/C13H18O/c1-9(2)11(4)13(14)12-8-6-5-7-10(12)3/h5-8,13-14H,1-4H3. The lowest BCUT2D eigenvalue weighted by Crippen LogP contribution is -2.02. The van der Waals surface area contributed by atoms with Crippen molar-refractivity contribution in [3.63, 3.8) is 0 Å². The average molecular weight is 190 g/mol. The van der Waals surface area contributed by atoms with Gasteiger partial charge in [0.25, 0.3) is 0 Å². The molecule has 1 heteroatoms. The van der Waals surface area contributed by atoms with Gasteiger partial charge in [0.05, 0.1) is 0 Å². The summed E-state index contributed by atoms with van der Waals surface area (Å²) in [7, 11) is 0. The molecule has 0 heterocycles. The van der Waals surface area contributed by atoms with Crippen molar-refractivity contribution in [1.29, 1.82) is 0 Å². The Bertz CT molecular complexity index is 346. The van der Waals surface area contributed by atoms with Crippen LogP contribution in [0, 0.1) is 6.92 Å². The Morgan fingerprint density at radius 1 is 1.14 bits per heavy atom. The Hall–Kier alpha value is -1.08. The molecule has 14 heavy (non-hydrogen) atoms. The van der Waals surface area contributed by atoms with Crippen molar-refractivity contribution < 1.29 is 5.11 Å². The summed E-state index contributed by atoms with van der Waals surface area (Å²) in [6.45, 7) is 8.05. The first kappa shape index (κ1) is 11.0. The fraction of sp³-hybridized carbons (Fsp3) is 0.385. The van der Waals surface area contributed by atoms with Gasteiger partial charge in [-0.2, -0.15) is 0 Å². The van der Waals surface area contributed by atoms with Gasteiger partial charge < -0.3 is 5.11 Å². The monoisotopic (exact) mass is 190 g/mol. The van der Waals surface area contributed by atoms with Gasteiger partial charge >= 0.3 is 0 Å². The minimum Gasteiger partial charge on any atom is -0.384 e. The Labute approximate surface area is 86.1 Å². The summed E-state index contributed by atoms with van der Waals surface area (Å²) in [5.41, 5.74) is 4.37. The summed E-state index contributed by atoms with van der Waals surface area (Å²) in [5.74, 6) is 0. The highest BCUT2D eigenvalue weighted by Gasteiger charge is 2.11. The summed E-state index contributed by atoms with van der Waals surface area (Å²) in [6, 6.07) is 7.95. The molecule has 1 aromatic carbocycles. The van der Waals surface area contributed by atoms with Crippen LogP contribution in [0.2, 0.25) is 0 Å². The summed E-state index contributed by atoms with van der Waals surface area (Å²) in [4.78, 5) is 0. The highest BCUT2D eigenvalue weighted by atomic mass is 16.3. The SMILES string of the molecule is CC(C)=C(C)C(O)c1ccccc1C. The zero-order valence-electron chi connectivity index (χ0n) is 9.33. The predicted octanol–water partition coefficient (Wildman–Crippen LogP) is 3.38. The zero-order valence-corrected chi connectivity index (χ0v) is 9.33. The summed E-state index contributed by atoms with van der Waals surface area (Å²) < 4.78 is 0. The number of aliphatic hydroxyl groups excluding tert-OH is 1. The maximum atomic E-state index is 10.1. The Morgan fingerprint density at radius 3 is 2.21 bits per heavy atom. The van der Waals surface area contributed by atoms with Crippen LogP contribution in [0.1, 0.15) is 38.0 Å². The Morgan fingerprint density at radius 2 is 1.71 bits per heavy atom. The molecule has 0 aliphatic rings. The van der Waals surface area contributed by atoms with Crippen LogP contribution in [0.4, 0.5) is 0 Å². The van der Waals surface area contributed by atoms with Crippen LogP contribution in [-0.2, 0) is 0 Å². The molecule has 1 atom stereocenters. The van der Waals surface area contributed by atoms with E-state index in [0.717, 1.165) is 16.7 Å². The molecule has 1 unspecified atom stereocenters. The van der Waals surface area contributed by atoms with E-state index in [0.29, 0.717) is 0 Å². The van der Waals surface area contributed by atoms with E-state index in [4.69, 9.17) is 0 Å². The van der Waals surface area contributed by atoms with E-state index in [1.165, 1.54) is 5.57 Å². The maximum Gasteiger partial charge on any atom is 0.100 e. The molecular weight excluding hydrogens is 172 g/mol. The number of rotatable bonds is 2. The molecule has 0 aliphatic carbocycles. The summed E-state index contributed by atoms with van der Waals surface area (Å²) >= 11 is 0. The van der Waals surface area contributed by atoms with Crippen LogP contribution in [0.3, 0.4) is 0 Å². The fourth-order valence-corrected chi connectivity index (χ4v) is 1.40. The molecule has 1 rings (SSSR count). The normalized spacial score (nSPS) is 12.4. The van der Waals surface area contributed by atoms with Gasteiger partial charge in [0, 0.05) is 0 Å². The highest BCUT2D eigenvalue weighted by molar-refractivity contribution is 5.33. The van der Waals surface area contributed by atoms with Crippen LogP contribution < -0.4 is 0 Å². The van der Waals surface area contributed by atoms with Crippen molar-refractivity contribution in [2.75, 3.05) is 0 Å². The van der Waals surface area contributed by atoms with Crippen molar-refractivity contribution in [3.05, 3.63) is 46.5 Å². The zero-order chi connectivity index (χ0) is 10.7. The predicted molar refractivity (Wildman–Crippen MR) is 60.2 cm³/mol. The Kier molecular flexibility index (Phi) is 3.48. The molecule has 0 spiro atoms. The average Bonchev–Trinajstić information content (AvgIpc) is 2.16. The lowest BCUT2D eigenvalue weighted by molar-refractivity contribution is 0.213. The second kappa shape index (κ2) is 4.43. The molecule has 1 N–H and O–H groups in total. The van der Waals surface area contributed by atoms with Crippen molar-refractivity contribution in [2.45, 2.75) is 33.8 Å². The van der Waals surface area contributed by atoms with Crippen molar-refractivity contribution in [1.82, 2.24) is 0 Å². The van der Waals surface area contributed by atoms with Crippen LogP contribution in [0.15, 0.2) is 35.4 Å². The lowest BCUT2D eigenvalue weighted by atomic mass is 9.96. The molecule has 0 bridgehead atoms. The molecule has 0 saturated carbocycles. The number of allylic oxidation sites excluding steroid dienone is 1. The van der Waals surface area contributed by atoms with E-state index in [2.05, 4.69) is 0 Å². The first-order valence-electron chi connectivity index (χ1n) is 4.91. The van der Waals surface area contributed by atoms with Gasteiger partial charge in [-0.05, 0) is 44.4 Å². The highest BCUT2D eigenvalue weighted by Crippen LogP contribution is 2.25. The molecule has 0 amide bonds. The molecule has 0 fully saturated rings. The fourth-order valence-electron chi connectivity index (χ4n) is 1.40. The van der Waals surface area contributed by atoms with Crippen molar-refractivity contribution >= 4 is 0 Å². The minimum absolute atomic E-state index is 0.457. The quantitative estimate of drug-likeness (QED) is 0.709. The van der Waals surface area contributed by atoms with Gasteiger partial charge in [-0.15, -0.1) is 0 Å². The first-order chi connectivity index (χ1) is 6.54. The smallest absolute Gasteiger partial charge is 0.100 e. The lowest BCUT2D eigenvalue weighted by Gasteiger charge is -2.15. The van der Waals surface area contributed by atoms with E-state index in [1.807, 2.05) is 52.0 Å². The molecule has 0 aliphatic heterocycles. The molecule has 76 valence electrons. The molecule has 0 radical (unpaired) electrons.